The lowest BCUT2D eigenvalue weighted by atomic mass is 9.73. The highest BCUT2D eigenvalue weighted by atomic mass is 79.9. The summed E-state index contributed by atoms with van der Waals surface area (Å²) in [6, 6.07) is 16.4. The highest BCUT2D eigenvalue weighted by Gasteiger charge is 2.36. The zero-order valence-electron chi connectivity index (χ0n) is 13.7. The van der Waals surface area contributed by atoms with Crippen LogP contribution in [0.1, 0.15) is 41.9 Å². The molecule has 126 valence electrons. The molecule has 3 rings (SSSR count). The summed E-state index contributed by atoms with van der Waals surface area (Å²) in [6.07, 6.45) is 1.81. The number of hydrogen-bond acceptors (Lipinski definition) is 3. The molecule has 1 aliphatic rings. The van der Waals surface area contributed by atoms with E-state index in [0.29, 0.717) is 19.3 Å². The Hall–Kier alpha value is -1.52. The molecule has 3 nitrogen and oxygen atoms in total. The molecule has 0 amide bonds. The van der Waals surface area contributed by atoms with E-state index in [-0.39, 0.29) is 24.0 Å². The average Bonchev–Trinajstić information content (AvgIpc) is 2.56. The van der Waals surface area contributed by atoms with Gasteiger partial charge in [-0.3, -0.25) is 0 Å². The molecule has 0 spiro atoms. The zero-order chi connectivity index (χ0) is 17.1. The topological polar surface area (TPSA) is 49.7 Å². The minimum absolute atomic E-state index is 0.139. The van der Waals surface area contributed by atoms with Gasteiger partial charge in [-0.1, -0.05) is 57.5 Å². The number of aryl methyl sites for hydroxylation is 1. The van der Waals surface area contributed by atoms with Crippen molar-refractivity contribution in [1.29, 1.82) is 0 Å². The summed E-state index contributed by atoms with van der Waals surface area (Å²) >= 11 is 3.48. The quantitative estimate of drug-likeness (QED) is 0.693. The van der Waals surface area contributed by atoms with Crippen LogP contribution < -0.4 is 0 Å². The highest BCUT2D eigenvalue weighted by molar-refractivity contribution is 9.10. The van der Waals surface area contributed by atoms with Crippen molar-refractivity contribution in [3.63, 3.8) is 0 Å². The van der Waals surface area contributed by atoms with Gasteiger partial charge >= 0.3 is 0 Å². The van der Waals surface area contributed by atoms with Crippen molar-refractivity contribution in [2.45, 2.75) is 44.2 Å². The minimum Gasteiger partial charge on any atom is -0.393 e. The smallest absolute Gasteiger partial charge is 0.0958 e. The van der Waals surface area contributed by atoms with Crippen molar-refractivity contribution in [3.8, 4) is 0 Å². The molecule has 2 aromatic carbocycles. The van der Waals surface area contributed by atoms with Crippen LogP contribution in [0.3, 0.4) is 0 Å². The molecule has 0 saturated heterocycles. The monoisotopic (exact) mass is 387 g/mol. The number of nitrogens with zero attached hydrogens (tertiary/aromatic N) is 1. The lowest BCUT2D eigenvalue weighted by Crippen LogP contribution is -2.36. The Morgan fingerprint density at radius 3 is 2.42 bits per heavy atom. The molecule has 1 fully saturated rings. The number of benzene rings is 2. The Balaban J connectivity index is 1.91. The van der Waals surface area contributed by atoms with Crippen molar-refractivity contribution in [2.24, 2.45) is 11.1 Å². The molecule has 2 unspecified atom stereocenters. The molecule has 4 heteroatoms. The van der Waals surface area contributed by atoms with Crippen LogP contribution in [0.25, 0.3) is 0 Å². The highest BCUT2D eigenvalue weighted by Crippen LogP contribution is 2.39. The van der Waals surface area contributed by atoms with Gasteiger partial charge in [-0.05, 0) is 60.9 Å². The number of aliphatic hydroxyl groups is 1. The molecule has 1 aliphatic carbocycles. The molecule has 0 aromatic heterocycles. The second-order valence-electron chi connectivity index (χ2n) is 6.75. The molecule has 1 N–H and O–H groups in total. The maximum absolute atomic E-state index is 11.4. The number of rotatable bonds is 6. The first-order chi connectivity index (χ1) is 11.6. The second-order valence-corrected chi connectivity index (χ2v) is 7.67. The van der Waals surface area contributed by atoms with Crippen molar-refractivity contribution in [1.82, 2.24) is 0 Å². The van der Waals surface area contributed by atoms with E-state index in [1.807, 2.05) is 24.3 Å². The maximum Gasteiger partial charge on any atom is 0.0958 e. The van der Waals surface area contributed by atoms with Gasteiger partial charge in [0.2, 0.25) is 0 Å². The van der Waals surface area contributed by atoms with Gasteiger partial charge in [-0.15, -0.1) is 0 Å². The Morgan fingerprint density at radius 1 is 1.17 bits per heavy atom. The van der Waals surface area contributed by atoms with Gasteiger partial charge in [0.05, 0.1) is 12.1 Å². The molecular formula is C20H22BrNO2. The van der Waals surface area contributed by atoms with E-state index < -0.39 is 0 Å². The fraction of sp³-hybridized carbons (Fsp3) is 0.400. The first-order valence-corrected chi connectivity index (χ1v) is 9.19. The van der Waals surface area contributed by atoms with Crippen molar-refractivity contribution < 1.29 is 5.11 Å². The van der Waals surface area contributed by atoms with Gasteiger partial charge in [-0.25, -0.2) is 0 Å². The molecular weight excluding hydrogens is 366 g/mol. The predicted molar refractivity (Wildman–Crippen MR) is 100 cm³/mol. The van der Waals surface area contributed by atoms with Gasteiger partial charge in [0.15, 0.2) is 0 Å². The van der Waals surface area contributed by atoms with E-state index in [9.17, 15) is 10.0 Å². The number of nitroso groups, excluding NO2 is 1. The third-order valence-electron chi connectivity index (χ3n) is 5.14. The van der Waals surface area contributed by atoms with Crippen LogP contribution in [-0.4, -0.2) is 17.3 Å². The Morgan fingerprint density at radius 2 is 1.83 bits per heavy atom. The van der Waals surface area contributed by atoms with Gasteiger partial charge in [0, 0.05) is 10.4 Å². The zero-order valence-corrected chi connectivity index (χ0v) is 15.3. The van der Waals surface area contributed by atoms with Crippen LogP contribution in [0, 0.1) is 17.7 Å². The Labute approximate surface area is 151 Å². The number of hydrogen-bond donors (Lipinski definition) is 1. The van der Waals surface area contributed by atoms with Gasteiger partial charge in [-0.2, -0.15) is 4.91 Å². The SMILES string of the molecule is Cc1ccccc1C(CC(N=O)C1CC(O)C1)c1ccc(Br)cc1. The van der Waals surface area contributed by atoms with E-state index in [2.05, 4.69) is 52.3 Å². The van der Waals surface area contributed by atoms with E-state index in [1.165, 1.54) is 16.7 Å². The molecule has 2 atom stereocenters. The summed E-state index contributed by atoms with van der Waals surface area (Å²) in [7, 11) is 0. The Kier molecular flexibility index (Phi) is 5.47. The van der Waals surface area contributed by atoms with E-state index >= 15 is 0 Å². The molecule has 1 saturated carbocycles. The van der Waals surface area contributed by atoms with Crippen molar-refractivity contribution in [2.75, 3.05) is 0 Å². The fourth-order valence-electron chi connectivity index (χ4n) is 3.62. The first-order valence-electron chi connectivity index (χ1n) is 8.40. The molecule has 24 heavy (non-hydrogen) atoms. The molecule has 0 aliphatic heterocycles. The lowest BCUT2D eigenvalue weighted by Gasteiger charge is -2.36. The van der Waals surface area contributed by atoms with E-state index in [4.69, 9.17) is 0 Å². The van der Waals surface area contributed by atoms with E-state index in [1.54, 1.807) is 0 Å². The lowest BCUT2D eigenvalue weighted by molar-refractivity contribution is 0.0293. The first kappa shape index (κ1) is 17.3. The molecule has 0 radical (unpaired) electrons. The standard InChI is InChI=1S/C20H22BrNO2/c1-13-4-2-3-5-18(13)19(14-6-8-16(21)9-7-14)12-20(22-24)15-10-17(23)11-15/h2-9,15,17,19-20,23H,10-12H2,1H3. The van der Waals surface area contributed by atoms with Crippen molar-refractivity contribution >= 4 is 15.9 Å². The molecule has 0 bridgehead atoms. The summed E-state index contributed by atoms with van der Waals surface area (Å²) in [5.41, 5.74) is 3.66. The van der Waals surface area contributed by atoms with E-state index in [0.717, 1.165) is 4.47 Å². The average molecular weight is 388 g/mol. The van der Waals surface area contributed by atoms with Crippen molar-refractivity contribution in [3.05, 3.63) is 74.6 Å². The van der Waals surface area contributed by atoms with Gasteiger partial charge in [0.25, 0.3) is 0 Å². The van der Waals surface area contributed by atoms with Gasteiger partial charge in [0.1, 0.15) is 0 Å². The largest absolute Gasteiger partial charge is 0.393 e. The van der Waals surface area contributed by atoms with Gasteiger partial charge < -0.3 is 5.11 Å². The molecule has 0 heterocycles. The van der Waals surface area contributed by atoms with Crippen LogP contribution in [0.2, 0.25) is 0 Å². The summed E-state index contributed by atoms with van der Waals surface area (Å²) in [4.78, 5) is 11.4. The Bertz CT molecular complexity index is 695. The van der Waals surface area contributed by atoms with Crippen LogP contribution in [0.15, 0.2) is 58.2 Å². The second kappa shape index (κ2) is 7.58. The molecule has 2 aromatic rings. The summed E-state index contributed by atoms with van der Waals surface area (Å²) in [5, 5.41) is 13.0. The summed E-state index contributed by atoms with van der Waals surface area (Å²) in [6.45, 7) is 2.11. The predicted octanol–water partition coefficient (Wildman–Crippen LogP) is 5.19. The fourth-order valence-corrected chi connectivity index (χ4v) is 3.89. The minimum atomic E-state index is -0.260. The number of halogens is 1. The summed E-state index contributed by atoms with van der Waals surface area (Å²) < 4.78 is 1.04. The maximum atomic E-state index is 11.4. The van der Waals surface area contributed by atoms with Crippen LogP contribution in [-0.2, 0) is 0 Å². The van der Waals surface area contributed by atoms with Crippen LogP contribution in [0.5, 0.6) is 0 Å². The normalized spacial score (nSPS) is 22.5. The third kappa shape index (κ3) is 3.76. The van der Waals surface area contributed by atoms with Crippen LogP contribution >= 0.6 is 15.9 Å². The third-order valence-corrected chi connectivity index (χ3v) is 5.67. The summed E-state index contributed by atoms with van der Waals surface area (Å²) in [5.74, 6) is 0.346. The van der Waals surface area contributed by atoms with Crippen LogP contribution in [0.4, 0.5) is 0 Å². The number of aliphatic hydroxyl groups excluding tert-OH is 1.